The minimum Gasteiger partial charge on any atom is -0.359 e. The van der Waals surface area contributed by atoms with Gasteiger partial charge in [0.25, 0.3) is 0 Å². The van der Waals surface area contributed by atoms with Crippen molar-refractivity contribution in [2.24, 2.45) is 5.73 Å². The lowest BCUT2D eigenvalue weighted by molar-refractivity contribution is 0.641. The van der Waals surface area contributed by atoms with Gasteiger partial charge in [0.15, 0.2) is 5.13 Å². The Morgan fingerprint density at radius 1 is 1.69 bits per heavy atom. The molecule has 1 heterocycles. The predicted molar refractivity (Wildman–Crippen MR) is 58.2 cm³/mol. The number of hydrogen-bond donors (Lipinski definition) is 2. The Bertz CT molecular complexity index is 247. The van der Waals surface area contributed by atoms with Crippen LogP contribution in [0.1, 0.15) is 25.5 Å². The summed E-state index contributed by atoms with van der Waals surface area (Å²) in [7, 11) is 0. The number of anilines is 1. The van der Waals surface area contributed by atoms with E-state index in [-0.39, 0.29) is 0 Å². The monoisotopic (exact) mass is 199 g/mol. The molecule has 0 aliphatic carbocycles. The number of hydrogen-bond acceptors (Lipinski definition) is 4. The molecule has 0 saturated carbocycles. The van der Waals surface area contributed by atoms with Crippen LogP contribution in [-0.4, -0.2) is 17.6 Å². The average Bonchev–Trinajstić information content (AvgIpc) is 2.50. The largest absolute Gasteiger partial charge is 0.359 e. The maximum atomic E-state index is 5.51. The molecule has 1 atom stereocenters. The molecule has 3 nitrogen and oxygen atoms in total. The number of aromatic nitrogens is 1. The van der Waals surface area contributed by atoms with Crippen molar-refractivity contribution in [3.8, 4) is 0 Å². The molecule has 0 radical (unpaired) electrons. The molecular weight excluding hydrogens is 182 g/mol. The van der Waals surface area contributed by atoms with E-state index in [0.717, 1.165) is 30.2 Å². The van der Waals surface area contributed by atoms with Gasteiger partial charge in [-0.1, -0.05) is 6.92 Å². The third kappa shape index (κ3) is 3.32. The van der Waals surface area contributed by atoms with Crippen molar-refractivity contribution in [2.45, 2.75) is 32.7 Å². The minimum absolute atomic E-state index is 0.468. The highest BCUT2D eigenvalue weighted by atomic mass is 32.1. The van der Waals surface area contributed by atoms with Gasteiger partial charge < -0.3 is 11.1 Å². The van der Waals surface area contributed by atoms with Gasteiger partial charge >= 0.3 is 0 Å². The number of rotatable bonds is 5. The Balaban J connectivity index is 2.46. The minimum atomic E-state index is 0.468. The summed E-state index contributed by atoms with van der Waals surface area (Å²) in [6.45, 7) is 4.90. The van der Waals surface area contributed by atoms with Crippen molar-refractivity contribution in [3.63, 3.8) is 0 Å². The molecule has 0 aliphatic rings. The Morgan fingerprint density at radius 2 is 2.46 bits per heavy atom. The summed E-state index contributed by atoms with van der Waals surface area (Å²) in [5, 5.41) is 6.44. The summed E-state index contributed by atoms with van der Waals surface area (Å²) in [5.74, 6) is 0. The van der Waals surface area contributed by atoms with E-state index < -0.39 is 0 Å². The third-order valence-electron chi connectivity index (χ3n) is 1.95. The van der Waals surface area contributed by atoms with Crippen molar-refractivity contribution in [1.29, 1.82) is 0 Å². The van der Waals surface area contributed by atoms with Crippen LogP contribution in [0.5, 0.6) is 0 Å². The number of nitrogens with two attached hydrogens (primary N) is 1. The maximum Gasteiger partial charge on any atom is 0.183 e. The highest BCUT2D eigenvalue weighted by Crippen LogP contribution is 2.16. The summed E-state index contributed by atoms with van der Waals surface area (Å²) in [5.41, 5.74) is 6.59. The van der Waals surface area contributed by atoms with Gasteiger partial charge in [0.05, 0.1) is 5.69 Å². The van der Waals surface area contributed by atoms with Crippen LogP contribution in [0.4, 0.5) is 5.13 Å². The summed E-state index contributed by atoms with van der Waals surface area (Å²) in [6.07, 6.45) is 2.10. The van der Waals surface area contributed by atoms with E-state index in [1.54, 1.807) is 11.3 Å². The van der Waals surface area contributed by atoms with Gasteiger partial charge in [-0.15, -0.1) is 11.3 Å². The van der Waals surface area contributed by atoms with Gasteiger partial charge in [-0.05, 0) is 26.3 Å². The predicted octanol–water partition coefficient (Wildman–Crippen LogP) is 1.99. The second-order valence-corrected chi connectivity index (χ2v) is 3.98. The molecule has 0 bridgehead atoms. The molecule has 0 amide bonds. The van der Waals surface area contributed by atoms with E-state index >= 15 is 0 Å². The first kappa shape index (κ1) is 10.5. The van der Waals surface area contributed by atoms with E-state index in [4.69, 9.17) is 5.73 Å². The molecule has 0 fully saturated rings. The maximum absolute atomic E-state index is 5.51. The van der Waals surface area contributed by atoms with Crippen LogP contribution in [0.25, 0.3) is 0 Å². The standard InChI is InChI=1S/C9H17N3S/c1-3-8(4-5-10)12-9-11-7(2)6-13-9/h6,8H,3-5,10H2,1-2H3,(H,11,12). The van der Waals surface area contributed by atoms with Crippen LogP contribution in [0.15, 0.2) is 5.38 Å². The van der Waals surface area contributed by atoms with E-state index in [1.165, 1.54) is 0 Å². The van der Waals surface area contributed by atoms with Crippen molar-refractivity contribution < 1.29 is 0 Å². The normalized spacial score (nSPS) is 12.8. The summed E-state index contributed by atoms with van der Waals surface area (Å²) in [6, 6.07) is 0.468. The molecule has 0 saturated heterocycles. The third-order valence-corrected chi connectivity index (χ3v) is 2.85. The van der Waals surface area contributed by atoms with Crippen LogP contribution < -0.4 is 11.1 Å². The fraction of sp³-hybridized carbons (Fsp3) is 0.667. The Labute approximate surface area is 83.4 Å². The van der Waals surface area contributed by atoms with Crippen molar-refractivity contribution in [1.82, 2.24) is 4.98 Å². The summed E-state index contributed by atoms with van der Waals surface area (Å²) < 4.78 is 0. The molecule has 1 rings (SSSR count). The van der Waals surface area contributed by atoms with E-state index in [9.17, 15) is 0 Å². The first-order chi connectivity index (χ1) is 6.26. The van der Waals surface area contributed by atoms with Crippen LogP contribution >= 0.6 is 11.3 Å². The molecule has 1 aromatic heterocycles. The molecule has 4 heteroatoms. The molecule has 1 aromatic rings. The Hall–Kier alpha value is -0.610. The lowest BCUT2D eigenvalue weighted by atomic mass is 10.1. The Morgan fingerprint density at radius 3 is 2.92 bits per heavy atom. The molecular formula is C9H17N3S. The molecule has 3 N–H and O–H groups in total. The lowest BCUT2D eigenvalue weighted by Gasteiger charge is -2.14. The fourth-order valence-corrected chi connectivity index (χ4v) is 1.94. The smallest absolute Gasteiger partial charge is 0.183 e. The number of aryl methyl sites for hydroxylation is 1. The van der Waals surface area contributed by atoms with Crippen LogP contribution in [-0.2, 0) is 0 Å². The van der Waals surface area contributed by atoms with Gasteiger partial charge in [-0.3, -0.25) is 0 Å². The van der Waals surface area contributed by atoms with E-state index in [1.807, 2.05) is 6.92 Å². The topological polar surface area (TPSA) is 50.9 Å². The van der Waals surface area contributed by atoms with Gasteiger partial charge in [0.2, 0.25) is 0 Å². The molecule has 13 heavy (non-hydrogen) atoms. The van der Waals surface area contributed by atoms with Crippen LogP contribution in [0, 0.1) is 6.92 Å². The SMILES string of the molecule is CCC(CCN)Nc1nc(C)cs1. The zero-order valence-electron chi connectivity index (χ0n) is 8.21. The molecule has 74 valence electrons. The molecule has 0 aromatic carbocycles. The van der Waals surface area contributed by atoms with Crippen molar-refractivity contribution in [2.75, 3.05) is 11.9 Å². The molecule has 1 unspecified atom stereocenters. The van der Waals surface area contributed by atoms with Gasteiger partial charge in [-0.25, -0.2) is 4.98 Å². The van der Waals surface area contributed by atoms with Crippen molar-refractivity contribution in [3.05, 3.63) is 11.1 Å². The van der Waals surface area contributed by atoms with Crippen LogP contribution in [0.3, 0.4) is 0 Å². The first-order valence-electron chi connectivity index (χ1n) is 4.65. The number of nitrogens with one attached hydrogen (secondary N) is 1. The fourth-order valence-electron chi connectivity index (χ4n) is 1.17. The highest BCUT2D eigenvalue weighted by molar-refractivity contribution is 7.13. The molecule has 0 spiro atoms. The lowest BCUT2D eigenvalue weighted by Crippen LogP contribution is -2.22. The van der Waals surface area contributed by atoms with Gasteiger partial charge in [-0.2, -0.15) is 0 Å². The van der Waals surface area contributed by atoms with Gasteiger partial charge in [0.1, 0.15) is 0 Å². The van der Waals surface area contributed by atoms with E-state index in [0.29, 0.717) is 6.04 Å². The zero-order valence-corrected chi connectivity index (χ0v) is 9.03. The van der Waals surface area contributed by atoms with Gasteiger partial charge in [0, 0.05) is 11.4 Å². The summed E-state index contributed by atoms with van der Waals surface area (Å²) in [4.78, 5) is 4.35. The van der Waals surface area contributed by atoms with E-state index in [2.05, 4.69) is 22.6 Å². The Kier molecular flexibility index (Phi) is 4.18. The summed E-state index contributed by atoms with van der Waals surface area (Å²) >= 11 is 1.66. The number of thiazole rings is 1. The quantitative estimate of drug-likeness (QED) is 0.762. The number of nitrogens with zero attached hydrogens (tertiary/aromatic N) is 1. The first-order valence-corrected chi connectivity index (χ1v) is 5.53. The van der Waals surface area contributed by atoms with Crippen molar-refractivity contribution >= 4 is 16.5 Å². The van der Waals surface area contributed by atoms with Crippen LogP contribution in [0.2, 0.25) is 0 Å². The second-order valence-electron chi connectivity index (χ2n) is 3.12. The second kappa shape index (κ2) is 5.19. The molecule has 0 aliphatic heterocycles. The zero-order chi connectivity index (χ0) is 9.68. The highest BCUT2D eigenvalue weighted by Gasteiger charge is 2.06. The average molecular weight is 199 g/mol.